The minimum atomic E-state index is -0.238. The number of carbonyl (C=O) groups excluding carboxylic acids is 1. The average Bonchev–Trinajstić information content (AvgIpc) is 2.96. The molecule has 4 rings (SSSR count). The van der Waals surface area contributed by atoms with Crippen LogP contribution >= 0.6 is 0 Å². The summed E-state index contributed by atoms with van der Waals surface area (Å²) in [7, 11) is 0. The molecule has 0 aromatic carbocycles. The van der Waals surface area contributed by atoms with E-state index in [1.165, 1.54) is 5.56 Å². The first-order valence-corrected chi connectivity index (χ1v) is 8.08. The van der Waals surface area contributed by atoms with Gasteiger partial charge in [-0.25, -0.2) is 0 Å². The van der Waals surface area contributed by atoms with E-state index in [9.17, 15) is 4.79 Å². The highest BCUT2D eigenvalue weighted by atomic mass is 16.5. The fourth-order valence-corrected chi connectivity index (χ4v) is 2.99. The smallest absolute Gasteiger partial charge is 0.292 e. The minimum absolute atomic E-state index is 0.0688. The fraction of sp³-hybridized carbons (Fsp3) is 0.600. The van der Waals surface area contributed by atoms with Gasteiger partial charge in [0.05, 0.1) is 12.2 Å². The molecular formula is C15H20N6O2. The number of aryl methyl sites for hydroxylation is 1. The van der Waals surface area contributed by atoms with Gasteiger partial charge in [-0.3, -0.25) is 14.8 Å². The van der Waals surface area contributed by atoms with E-state index >= 15 is 0 Å². The number of H-pyrrole nitrogens is 1. The summed E-state index contributed by atoms with van der Waals surface area (Å²) in [5.74, 6) is 0.431. The van der Waals surface area contributed by atoms with E-state index in [1.54, 1.807) is 0 Å². The first-order chi connectivity index (χ1) is 11.2. The van der Waals surface area contributed by atoms with E-state index in [0.717, 1.165) is 44.5 Å². The maximum atomic E-state index is 12.0. The van der Waals surface area contributed by atoms with Crippen LogP contribution in [0, 0.1) is 6.92 Å². The SMILES string of the molecule is Cc1[nH]ncc1CN1CCCC1c1nc(C(=O)NC2CC2)no1. The van der Waals surface area contributed by atoms with Gasteiger partial charge in [-0.15, -0.1) is 0 Å². The number of aromatic amines is 1. The van der Waals surface area contributed by atoms with Crippen LogP contribution in [0.15, 0.2) is 10.7 Å². The van der Waals surface area contributed by atoms with Gasteiger partial charge in [-0.1, -0.05) is 5.16 Å². The predicted molar refractivity (Wildman–Crippen MR) is 80.5 cm³/mol. The zero-order chi connectivity index (χ0) is 15.8. The zero-order valence-electron chi connectivity index (χ0n) is 13.1. The molecule has 3 heterocycles. The Bertz CT molecular complexity index is 704. The van der Waals surface area contributed by atoms with Crippen LogP contribution in [0.4, 0.5) is 0 Å². The lowest BCUT2D eigenvalue weighted by molar-refractivity contribution is 0.0937. The summed E-state index contributed by atoms with van der Waals surface area (Å²) in [5, 5.41) is 13.8. The summed E-state index contributed by atoms with van der Waals surface area (Å²) >= 11 is 0. The molecule has 1 saturated carbocycles. The van der Waals surface area contributed by atoms with Crippen molar-refractivity contribution in [3.8, 4) is 0 Å². The van der Waals surface area contributed by atoms with E-state index in [-0.39, 0.29) is 23.8 Å². The van der Waals surface area contributed by atoms with Crippen LogP contribution in [-0.4, -0.2) is 43.7 Å². The molecule has 0 radical (unpaired) electrons. The first kappa shape index (κ1) is 14.4. The Morgan fingerprint density at radius 1 is 1.48 bits per heavy atom. The van der Waals surface area contributed by atoms with Crippen molar-refractivity contribution < 1.29 is 9.32 Å². The normalized spacial score (nSPS) is 21.7. The Hall–Kier alpha value is -2.22. The largest absolute Gasteiger partial charge is 0.346 e. The van der Waals surface area contributed by atoms with E-state index in [0.29, 0.717) is 5.89 Å². The van der Waals surface area contributed by atoms with Crippen molar-refractivity contribution in [1.82, 2.24) is 30.6 Å². The van der Waals surface area contributed by atoms with Gasteiger partial charge in [0.1, 0.15) is 0 Å². The number of aromatic nitrogens is 4. The van der Waals surface area contributed by atoms with Gasteiger partial charge in [-0.2, -0.15) is 10.1 Å². The number of amides is 1. The summed E-state index contributed by atoms with van der Waals surface area (Å²) < 4.78 is 5.36. The summed E-state index contributed by atoms with van der Waals surface area (Å²) in [6.45, 7) is 3.78. The van der Waals surface area contributed by atoms with E-state index in [2.05, 4.69) is 30.6 Å². The van der Waals surface area contributed by atoms with E-state index in [1.807, 2.05) is 13.1 Å². The number of rotatable bonds is 5. The Labute approximate surface area is 133 Å². The predicted octanol–water partition coefficient (Wildman–Crippen LogP) is 1.33. The molecule has 1 saturated heterocycles. The van der Waals surface area contributed by atoms with Crippen LogP contribution in [0.3, 0.4) is 0 Å². The Balaban J connectivity index is 1.46. The number of nitrogens with one attached hydrogen (secondary N) is 2. The molecule has 1 atom stereocenters. The molecule has 2 fully saturated rings. The van der Waals surface area contributed by atoms with Crippen molar-refractivity contribution in [3.05, 3.63) is 29.2 Å². The fourth-order valence-electron chi connectivity index (χ4n) is 2.99. The van der Waals surface area contributed by atoms with Gasteiger partial charge < -0.3 is 9.84 Å². The number of nitrogens with zero attached hydrogens (tertiary/aromatic N) is 4. The van der Waals surface area contributed by atoms with Crippen LogP contribution in [0.2, 0.25) is 0 Å². The first-order valence-electron chi connectivity index (χ1n) is 8.08. The third-order valence-electron chi connectivity index (χ3n) is 4.51. The molecule has 122 valence electrons. The molecular weight excluding hydrogens is 296 g/mol. The highest BCUT2D eigenvalue weighted by molar-refractivity contribution is 5.90. The second-order valence-electron chi connectivity index (χ2n) is 6.35. The van der Waals surface area contributed by atoms with E-state index < -0.39 is 0 Å². The van der Waals surface area contributed by atoms with Crippen LogP contribution in [0.5, 0.6) is 0 Å². The maximum Gasteiger partial charge on any atom is 0.292 e. The molecule has 2 aromatic heterocycles. The average molecular weight is 316 g/mol. The van der Waals surface area contributed by atoms with Crippen LogP contribution < -0.4 is 5.32 Å². The standard InChI is InChI=1S/C15H20N6O2/c1-9-10(7-16-19-9)8-21-6-2-3-12(21)15-18-13(20-23-15)14(22)17-11-4-5-11/h7,11-12H,2-6,8H2,1H3,(H,16,19)(H,17,22). The van der Waals surface area contributed by atoms with Crippen molar-refractivity contribution in [2.75, 3.05) is 6.54 Å². The summed E-state index contributed by atoms with van der Waals surface area (Å²) in [4.78, 5) is 18.6. The molecule has 0 bridgehead atoms. The second-order valence-corrected chi connectivity index (χ2v) is 6.35. The molecule has 1 aliphatic heterocycles. The second kappa shape index (κ2) is 5.77. The monoisotopic (exact) mass is 316 g/mol. The molecule has 1 aliphatic carbocycles. The van der Waals surface area contributed by atoms with Crippen LogP contribution in [0.1, 0.15) is 59.5 Å². The Morgan fingerprint density at radius 2 is 2.35 bits per heavy atom. The van der Waals surface area contributed by atoms with Crippen molar-refractivity contribution in [2.24, 2.45) is 0 Å². The van der Waals surface area contributed by atoms with Crippen molar-refractivity contribution >= 4 is 5.91 Å². The molecule has 23 heavy (non-hydrogen) atoms. The molecule has 8 heteroatoms. The Kier molecular flexibility index (Phi) is 3.60. The quantitative estimate of drug-likeness (QED) is 0.863. The molecule has 8 nitrogen and oxygen atoms in total. The lowest BCUT2D eigenvalue weighted by Gasteiger charge is -2.20. The Morgan fingerprint density at radius 3 is 3.09 bits per heavy atom. The lowest BCUT2D eigenvalue weighted by Crippen LogP contribution is -2.27. The molecule has 2 N–H and O–H groups in total. The highest BCUT2D eigenvalue weighted by Crippen LogP contribution is 2.32. The van der Waals surface area contributed by atoms with Gasteiger partial charge in [0.2, 0.25) is 5.89 Å². The van der Waals surface area contributed by atoms with Crippen LogP contribution in [0.25, 0.3) is 0 Å². The molecule has 2 aromatic rings. The minimum Gasteiger partial charge on any atom is -0.346 e. The molecule has 1 unspecified atom stereocenters. The van der Waals surface area contributed by atoms with Crippen molar-refractivity contribution in [3.63, 3.8) is 0 Å². The van der Waals surface area contributed by atoms with Gasteiger partial charge in [0, 0.05) is 23.8 Å². The molecule has 1 amide bonds. The number of carbonyl (C=O) groups is 1. The van der Waals surface area contributed by atoms with Gasteiger partial charge in [-0.05, 0) is 39.2 Å². The zero-order valence-corrected chi connectivity index (χ0v) is 13.1. The summed E-state index contributed by atoms with van der Waals surface area (Å²) in [6.07, 6.45) is 5.97. The third-order valence-corrected chi connectivity index (χ3v) is 4.51. The number of hydrogen-bond donors (Lipinski definition) is 2. The summed E-state index contributed by atoms with van der Waals surface area (Å²) in [5.41, 5.74) is 2.24. The lowest BCUT2D eigenvalue weighted by atomic mass is 10.2. The molecule has 2 aliphatic rings. The number of hydrogen-bond acceptors (Lipinski definition) is 6. The topological polar surface area (TPSA) is 99.9 Å². The van der Waals surface area contributed by atoms with Gasteiger partial charge in [0.25, 0.3) is 11.7 Å². The van der Waals surface area contributed by atoms with Crippen molar-refractivity contribution in [1.29, 1.82) is 0 Å². The number of likely N-dealkylation sites (tertiary alicyclic amines) is 1. The molecule has 0 spiro atoms. The van der Waals surface area contributed by atoms with Crippen molar-refractivity contribution in [2.45, 2.75) is 51.2 Å². The van der Waals surface area contributed by atoms with Gasteiger partial charge >= 0.3 is 0 Å². The van der Waals surface area contributed by atoms with E-state index in [4.69, 9.17) is 4.52 Å². The highest BCUT2D eigenvalue weighted by Gasteiger charge is 2.32. The maximum absolute atomic E-state index is 12.0. The summed E-state index contributed by atoms with van der Waals surface area (Å²) in [6, 6.07) is 0.357. The van der Waals surface area contributed by atoms with Crippen LogP contribution in [-0.2, 0) is 6.54 Å². The third kappa shape index (κ3) is 2.98. The van der Waals surface area contributed by atoms with Gasteiger partial charge in [0.15, 0.2) is 0 Å².